The number of likely N-dealkylation sites (N-methyl/N-ethyl adjacent to an activating group) is 1. The second-order valence-electron chi connectivity index (χ2n) is 10.4. The molecule has 1 atom stereocenters. The van der Waals surface area contributed by atoms with Crippen LogP contribution in [0.5, 0.6) is 5.75 Å². The van der Waals surface area contributed by atoms with E-state index in [4.69, 9.17) is 4.74 Å². The number of H-pyrrole nitrogens is 1. The van der Waals surface area contributed by atoms with Gasteiger partial charge in [0.25, 0.3) is 5.91 Å². The zero-order valence-electron chi connectivity index (χ0n) is 22.3. The number of nitrogens with one attached hydrogen (secondary N) is 3. The van der Waals surface area contributed by atoms with Gasteiger partial charge < -0.3 is 30.2 Å². The van der Waals surface area contributed by atoms with Gasteiger partial charge in [-0.2, -0.15) is 0 Å². The number of aromatic nitrogens is 2. The fourth-order valence-electron chi connectivity index (χ4n) is 5.88. The molecule has 204 valence electrons. The number of pyridine rings is 1. The molecule has 0 saturated carbocycles. The van der Waals surface area contributed by atoms with Crippen LogP contribution in [0.25, 0.3) is 11.3 Å². The van der Waals surface area contributed by atoms with Crippen molar-refractivity contribution in [3.05, 3.63) is 72.0 Å². The van der Waals surface area contributed by atoms with Crippen LogP contribution in [0.4, 0.5) is 15.8 Å². The molecule has 3 N–H and O–H groups in total. The van der Waals surface area contributed by atoms with Crippen molar-refractivity contribution in [3.8, 4) is 28.8 Å². The maximum atomic E-state index is 14.6. The monoisotopic (exact) mass is 540 g/mol. The van der Waals surface area contributed by atoms with Crippen LogP contribution in [-0.4, -0.2) is 78.0 Å². The van der Waals surface area contributed by atoms with E-state index in [-0.39, 0.29) is 29.0 Å². The lowest BCUT2D eigenvalue weighted by atomic mass is 9.73. The van der Waals surface area contributed by atoms with E-state index in [9.17, 15) is 14.0 Å². The van der Waals surface area contributed by atoms with Gasteiger partial charge >= 0.3 is 0 Å². The zero-order chi connectivity index (χ0) is 28.0. The van der Waals surface area contributed by atoms with Gasteiger partial charge in [0.2, 0.25) is 5.91 Å². The molecule has 2 saturated heterocycles. The highest BCUT2D eigenvalue weighted by atomic mass is 19.1. The summed E-state index contributed by atoms with van der Waals surface area (Å²) >= 11 is 0. The third kappa shape index (κ3) is 4.10. The second-order valence-corrected chi connectivity index (χ2v) is 10.4. The molecule has 3 aromatic rings. The fraction of sp³-hybridized carbons (Fsp3) is 0.300. The lowest BCUT2D eigenvalue weighted by molar-refractivity contribution is -0.131. The summed E-state index contributed by atoms with van der Waals surface area (Å²) in [6.07, 6.45) is 5.41. The van der Waals surface area contributed by atoms with Gasteiger partial charge in [0, 0.05) is 49.8 Å². The number of fused-ring (bicyclic) bond motifs is 2. The maximum absolute atomic E-state index is 14.6. The molecule has 3 aliphatic heterocycles. The van der Waals surface area contributed by atoms with Crippen molar-refractivity contribution in [2.45, 2.75) is 17.9 Å². The number of benzene rings is 1. The number of carbonyl (C=O) groups is 2. The Morgan fingerprint density at radius 1 is 1.35 bits per heavy atom. The summed E-state index contributed by atoms with van der Waals surface area (Å²) in [6, 6.07) is 6.23. The van der Waals surface area contributed by atoms with Crippen LogP contribution in [0.2, 0.25) is 0 Å². The van der Waals surface area contributed by atoms with Crippen LogP contribution in [0, 0.1) is 17.7 Å². The molecule has 1 spiro atoms. The van der Waals surface area contributed by atoms with Crippen LogP contribution < -0.4 is 15.4 Å². The van der Waals surface area contributed by atoms with Crippen molar-refractivity contribution in [2.75, 3.05) is 45.7 Å². The van der Waals surface area contributed by atoms with Gasteiger partial charge in [-0.15, -0.1) is 0 Å². The maximum Gasteiger partial charge on any atom is 0.255 e. The topological polar surface area (TPSA) is 103 Å². The minimum Gasteiger partial charge on any atom is -0.492 e. The first kappa shape index (κ1) is 25.6. The van der Waals surface area contributed by atoms with Gasteiger partial charge in [-0.05, 0) is 37.7 Å². The molecular weight excluding hydrogens is 511 g/mol. The third-order valence-electron chi connectivity index (χ3n) is 7.86. The summed E-state index contributed by atoms with van der Waals surface area (Å²) in [7, 11) is 3.44. The SMILES string of the molecule is C=CC(=O)N1CC[C@H]1C#Cc1cnccc1-c1[nH]c2c(c1Nc1cccc(F)c1OC)C(=O)NCC21CN(C)C1. The largest absolute Gasteiger partial charge is 0.492 e. The van der Waals surface area contributed by atoms with Gasteiger partial charge in [0.15, 0.2) is 11.6 Å². The van der Waals surface area contributed by atoms with Crippen molar-refractivity contribution < 1.29 is 18.7 Å². The Kier molecular flexibility index (Phi) is 6.31. The number of aromatic amines is 1. The molecule has 10 heteroatoms. The van der Waals surface area contributed by atoms with Crippen LogP contribution >= 0.6 is 0 Å². The van der Waals surface area contributed by atoms with E-state index >= 15 is 0 Å². The summed E-state index contributed by atoms with van der Waals surface area (Å²) in [6.45, 7) is 6.29. The predicted octanol–water partition coefficient (Wildman–Crippen LogP) is 3.03. The highest BCUT2D eigenvalue weighted by Gasteiger charge is 2.50. The smallest absolute Gasteiger partial charge is 0.255 e. The standard InChI is InChI=1S/C30H29FN6O3/c1-4-23(38)37-13-11-19(37)9-8-18-14-32-12-10-20(18)25-26(34-22-7-5-6-21(31)27(22)40-3)24-28(35-25)30(15-33-29(24)39)16-36(2)17-30/h4-7,10,12,14,19,34-35H,1,11,13,15-17H2,2-3H3,(H,33,39)/t19-/m1/s1. The average Bonchev–Trinajstić information content (AvgIpc) is 3.29. The number of carbonyl (C=O) groups excluding carboxylic acids is 2. The Balaban J connectivity index is 1.49. The number of ether oxygens (including phenoxy) is 1. The van der Waals surface area contributed by atoms with Crippen LogP contribution in [0.15, 0.2) is 49.3 Å². The van der Waals surface area contributed by atoms with Gasteiger partial charge in [-0.1, -0.05) is 24.5 Å². The molecule has 0 aliphatic carbocycles. The summed E-state index contributed by atoms with van der Waals surface area (Å²) in [5.74, 6) is 5.57. The number of amides is 2. The Bertz CT molecular complexity index is 1600. The van der Waals surface area contributed by atoms with Crippen LogP contribution in [-0.2, 0) is 10.2 Å². The van der Waals surface area contributed by atoms with E-state index in [1.165, 1.54) is 19.3 Å². The fourth-order valence-corrected chi connectivity index (χ4v) is 5.88. The first-order chi connectivity index (χ1) is 19.3. The number of halogens is 1. The van der Waals surface area contributed by atoms with Gasteiger partial charge in [-0.3, -0.25) is 14.6 Å². The molecule has 2 amide bonds. The molecule has 6 rings (SSSR count). The number of anilines is 2. The highest BCUT2D eigenvalue weighted by Crippen LogP contribution is 2.46. The zero-order valence-corrected chi connectivity index (χ0v) is 22.3. The molecule has 5 heterocycles. The number of para-hydroxylation sites is 1. The van der Waals surface area contributed by atoms with E-state index in [2.05, 4.69) is 43.9 Å². The van der Waals surface area contributed by atoms with E-state index in [0.29, 0.717) is 41.3 Å². The van der Waals surface area contributed by atoms with E-state index in [1.807, 2.05) is 13.1 Å². The van der Waals surface area contributed by atoms with Gasteiger partial charge in [-0.25, -0.2) is 4.39 Å². The number of nitrogens with zero attached hydrogens (tertiary/aromatic N) is 3. The highest BCUT2D eigenvalue weighted by molar-refractivity contribution is 6.07. The quantitative estimate of drug-likeness (QED) is 0.340. The molecule has 9 nitrogen and oxygen atoms in total. The molecule has 0 unspecified atom stereocenters. The molecule has 0 bridgehead atoms. The number of hydrogen-bond donors (Lipinski definition) is 3. The molecule has 2 aromatic heterocycles. The molecule has 40 heavy (non-hydrogen) atoms. The Hall–Kier alpha value is -4.62. The lowest BCUT2D eigenvalue weighted by Crippen LogP contribution is -2.65. The summed E-state index contributed by atoms with van der Waals surface area (Å²) in [4.78, 5) is 37.2. The minimum absolute atomic E-state index is 0.0458. The predicted molar refractivity (Wildman–Crippen MR) is 149 cm³/mol. The summed E-state index contributed by atoms with van der Waals surface area (Å²) in [5, 5.41) is 6.36. The average molecular weight is 541 g/mol. The van der Waals surface area contributed by atoms with Crippen LogP contribution in [0.1, 0.15) is 28.0 Å². The Morgan fingerprint density at radius 3 is 2.88 bits per heavy atom. The van der Waals surface area contributed by atoms with Gasteiger partial charge in [0.1, 0.15) is 0 Å². The van der Waals surface area contributed by atoms with E-state index in [0.717, 1.165) is 30.8 Å². The van der Waals surface area contributed by atoms with Crippen molar-refractivity contribution in [2.24, 2.45) is 0 Å². The van der Waals surface area contributed by atoms with Crippen LogP contribution in [0.3, 0.4) is 0 Å². The third-order valence-corrected chi connectivity index (χ3v) is 7.86. The lowest BCUT2D eigenvalue weighted by Gasteiger charge is -2.50. The number of hydrogen-bond acceptors (Lipinski definition) is 6. The second kappa shape index (κ2) is 9.84. The minimum atomic E-state index is -0.519. The molecule has 3 aliphatic rings. The number of methoxy groups -OCH3 is 1. The normalized spacial score (nSPS) is 18.9. The Labute approximate surface area is 231 Å². The van der Waals surface area contributed by atoms with E-state index in [1.54, 1.807) is 29.4 Å². The number of likely N-dealkylation sites (tertiary alicyclic amines) is 2. The Morgan fingerprint density at radius 2 is 2.17 bits per heavy atom. The molecule has 2 fully saturated rings. The van der Waals surface area contributed by atoms with Crippen molar-refractivity contribution in [1.29, 1.82) is 0 Å². The summed E-state index contributed by atoms with van der Waals surface area (Å²) < 4.78 is 20.0. The summed E-state index contributed by atoms with van der Waals surface area (Å²) in [5.41, 5.74) is 3.94. The van der Waals surface area contributed by atoms with Crippen molar-refractivity contribution in [1.82, 2.24) is 25.1 Å². The van der Waals surface area contributed by atoms with Crippen molar-refractivity contribution in [3.63, 3.8) is 0 Å². The first-order valence-corrected chi connectivity index (χ1v) is 13.1. The van der Waals surface area contributed by atoms with E-state index < -0.39 is 5.82 Å². The number of rotatable bonds is 5. The molecular formula is C30H29FN6O3. The molecule has 1 aromatic carbocycles. The van der Waals surface area contributed by atoms with Crippen molar-refractivity contribution >= 4 is 23.2 Å². The molecule has 0 radical (unpaired) electrons. The first-order valence-electron chi connectivity index (χ1n) is 13.1. The van der Waals surface area contributed by atoms with Gasteiger partial charge in [0.05, 0.1) is 46.8 Å².